The van der Waals surface area contributed by atoms with Crippen molar-refractivity contribution in [2.24, 2.45) is 0 Å². The lowest BCUT2D eigenvalue weighted by atomic mass is 9.96. The van der Waals surface area contributed by atoms with Crippen LogP contribution in [0.2, 0.25) is 0 Å². The summed E-state index contributed by atoms with van der Waals surface area (Å²) in [6.45, 7) is 2.90. The Morgan fingerprint density at radius 3 is 2.35 bits per heavy atom. The average molecular weight is 686 g/mol. The molecule has 0 saturated carbocycles. The summed E-state index contributed by atoms with van der Waals surface area (Å²) < 4.78 is 24.5. The normalized spacial score (nSPS) is 18.8. The van der Waals surface area contributed by atoms with Crippen LogP contribution in [0.4, 0.5) is 0 Å². The molecule has 1 fully saturated rings. The topological polar surface area (TPSA) is 102 Å². The average Bonchev–Trinajstić information content (AvgIpc) is 3.19. The maximum absolute atomic E-state index is 12.5. The van der Waals surface area contributed by atoms with Crippen LogP contribution in [-0.4, -0.2) is 54.3 Å². The number of hydrogen-bond acceptors (Lipinski definition) is 8. The molecule has 262 valence electrons. The first-order valence-electron chi connectivity index (χ1n) is 17.3. The van der Waals surface area contributed by atoms with Crippen LogP contribution >= 0.6 is 0 Å². The van der Waals surface area contributed by atoms with Gasteiger partial charge in [0.25, 0.3) is 5.91 Å². The Morgan fingerprint density at radius 2 is 1.63 bits per heavy atom. The van der Waals surface area contributed by atoms with Crippen LogP contribution in [-0.2, 0) is 35.6 Å². The molecule has 3 heterocycles. The summed E-state index contributed by atoms with van der Waals surface area (Å²) in [4.78, 5) is 19.0. The molecule has 1 amide bonds. The Labute approximate surface area is 298 Å². The minimum Gasteiger partial charge on any atom is -0.493 e. The van der Waals surface area contributed by atoms with E-state index in [1.165, 1.54) is 11.1 Å². The Hall–Kier alpha value is -5.06. The molecule has 4 aromatic carbocycles. The number of fused-ring (bicyclic) bond motifs is 1. The van der Waals surface area contributed by atoms with Crippen molar-refractivity contribution in [3.63, 3.8) is 0 Å². The van der Waals surface area contributed by atoms with E-state index >= 15 is 0 Å². The van der Waals surface area contributed by atoms with Gasteiger partial charge in [0.1, 0.15) is 0 Å². The second-order valence-electron chi connectivity index (χ2n) is 13.1. The third kappa shape index (κ3) is 8.13. The third-order valence-corrected chi connectivity index (χ3v) is 9.69. The highest BCUT2D eigenvalue weighted by Crippen LogP contribution is 2.40. The first-order chi connectivity index (χ1) is 25.0. The first-order valence-corrected chi connectivity index (χ1v) is 17.3. The monoisotopic (exact) mass is 685 g/mol. The molecule has 2 aliphatic rings. The number of rotatable bonds is 11. The lowest BCUT2D eigenvalue weighted by Crippen LogP contribution is -2.41. The number of carbonyl (C=O) groups excluding carboxylic acids is 1. The van der Waals surface area contributed by atoms with Gasteiger partial charge in [0, 0.05) is 50.6 Å². The molecule has 2 N–H and O–H groups in total. The molecular formula is C42H43N3O6. The van der Waals surface area contributed by atoms with E-state index < -0.39 is 6.29 Å². The molecule has 9 heteroatoms. The third-order valence-electron chi connectivity index (χ3n) is 9.69. The number of aliphatic hydroxyl groups excluding tert-OH is 1. The Balaban J connectivity index is 1.06. The smallest absolute Gasteiger partial charge is 0.253 e. The summed E-state index contributed by atoms with van der Waals surface area (Å²) in [6.07, 6.45) is 4.08. The molecule has 0 bridgehead atoms. The van der Waals surface area contributed by atoms with Gasteiger partial charge in [-0.15, -0.1) is 0 Å². The SMILES string of the molecule is COc1cc2c(cc1OC)CN(C[C@@H]1C[C@H](c3ccc(CO)cc3)O[C@H](c3ccc(-c4cccc(CNC(=O)c5cccnc5)c4)cc3)O1)CC2. The van der Waals surface area contributed by atoms with Crippen LogP contribution in [0, 0.1) is 0 Å². The summed E-state index contributed by atoms with van der Waals surface area (Å²) in [5, 5.41) is 12.6. The Kier molecular flexibility index (Phi) is 10.7. The van der Waals surface area contributed by atoms with Crippen molar-refractivity contribution in [1.82, 2.24) is 15.2 Å². The zero-order chi connectivity index (χ0) is 35.2. The van der Waals surface area contributed by atoms with Crippen LogP contribution in [0.5, 0.6) is 11.5 Å². The number of methoxy groups -OCH3 is 2. The molecule has 0 aliphatic carbocycles. The van der Waals surface area contributed by atoms with Gasteiger partial charge in [-0.05, 0) is 75.7 Å². The number of benzene rings is 4. The van der Waals surface area contributed by atoms with E-state index in [0.29, 0.717) is 18.5 Å². The quantitative estimate of drug-likeness (QED) is 0.157. The first kappa shape index (κ1) is 34.4. The van der Waals surface area contributed by atoms with Gasteiger partial charge in [-0.2, -0.15) is 0 Å². The van der Waals surface area contributed by atoms with Gasteiger partial charge in [-0.3, -0.25) is 14.7 Å². The number of nitrogens with one attached hydrogen (secondary N) is 1. The number of aliphatic hydroxyl groups is 1. The van der Waals surface area contributed by atoms with E-state index in [9.17, 15) is 9.90 Å². The Morgan fingerprint density at radius 1 is 0.863 bits per heavy atom. The summed E-state index contributed by atoms with van der Waals surface area (Å²) in [7, 11) is 3.34. The van der Waals surface area contributed by atoms with Gasteiger partial charge in [-0.1, -0.05) is 66.7 Å². The standard InChI is InChI=1S/C42H43N3O6/c1-48-39-20-34-16-18-45(25-36(34)21-40(39)49-2)26-37-22-38(31-10-8-28(27-46)9-11-31)51-42(50-37)32-14-12-30(13-15-32)33-6-3-5-29(19-33)23-44-41(47)35-7-4-17-43-24-35/h3-15,17,19-21,24,37-38,42,46H,16,18,22-23,25-27H2,1-2H3,(H,44,47)/t37-,38+,42+/m0/s1. The predicted octanol–water partition coefficient (Wildman–Crippen LogP) is 6.79. The number of hydrogen-bond donors (Lipinski definition) is 2. The van der Waals surface area contributed by atoms with Crippen LogP contribution in [0.3, 0.4) is 0 Å². The van der Waals surface area contributed by atoms with Crippen LogP contribution in [0.15, 0.2) is 109 Å². The van der Waals surface area contributed by atoms with E-state index in [1.807, 2.05) is 36.4 Å². The predicted molar refractivity (Wildman–Crippen MR) is 194 cm³/mol. The van der Waals surface area contributed by atoms with Crippen molar-refractivity contribution in [1.29, 1.82) is 0 Å². The lowest BCUT2D eigenvalue weighted by Gasteiger charge is -2.39. The summed E-state index contributed by atoms with van der Waals surface area (Å²) in [5.74, 6) is 1.35. The van der Waals surface area contributed by atoms with E-state index in [4.69, 9.17) is 18.9 Å². The van der Waals surface area contributed by atoms with Crippen molar-refractivity contribution in [2.45, 2.75) is 51.0 Å². The zero-order valence-corrected chi connectivity index (χ0v) is 29.0. The van der Waals surface area contributed by atoms with Gasteiger partial charge in [0.05, 0.1) is 38.6 Å². The van der Waals surface area contributed by atoms with Crippen LogP contribution in [0.25, 0.3) is 11.1 Å². The number of ether oxygens (including phenoxy) is 4. The lowest BCUT2D eigenvalue weighted by molar-refractivity contribution is -0.253. The highest BCUT2D eigenvalue weighted by atomic mass is 16.7. The van der Waals surface area contributed by atoms with Crippen LogP contribution < -0.4 is 14.8 Å². The summed E-state index contributed by atoms with van der Waals surface area (Å²) in [5.41, 5.74) is 9.06. The number of pyridine rings is 1. The number of carbonyl (C=O) groups is 1. The minimum absolute atomic E-state index is 0.00253. The van der Waals surface area contributed by atoms with Crippen molar-refractivity contribution in [3.05, 3.63) is 148 Å². The molecule has 51 heavy (non-hydrogen) atoms. The summed E-state index contributed by atoms with van der Waals surface area (Å²) >= 11 is 0. The minimum atomic E-state index is -0.546. The second kappa shape index (κ2) is 15.9. The molecule has 0 unspecified atom stereocenters. The molecular weight excluding hydrogens is 642 g/mol. The fourth-order valence-corrected chi connectivity index (χ4v) is 6.89. The highest BCUT2D eigenvalue weighted by molar-refractivity contribution is 5.93. The molecule has 5 aromatic rings. The fraction of sp³-hybridized carbons (Fsp3) is 0.286. The van der Waals surface area contributed by atoms with Crippen molar-refractivity contribution in [2.75, 3.05) is 27.3 Å². The zero-order valence-electron chi connectivity index (χ0n) is 29.0. The molecule has 7 rings (SSSR count). The van der Waals surface area contributed by atoms with E-state index in [2.05, 4.69) is 63.7 Å². The van der Waals surface area contributed by atoms with E-state index in [-0.39, 0.29) is 24.7 Å². The molecule has 3 atom stereocenters. The fourth-order valence-electron chi connectivity index (χ4n) is 6.89. The van der Waals surface area contributed by atoms with Crippen LogP contribution in [0.1, 0.15) is 62.6 Å². The number of amides is 1. The van der Waals surface area contributed by atoms with Crippen molar-refractivity contribution in [3.8, 4) is 22.6 Å². The van der Waals surface area contributed by atoms with Crippen molar-refractivity contribution >= 4 is 5.91 Å². The van der Waals surface area contributed by atoms with E-state index in [0.717, 1.165) is 70.9 Å². The number of aromatic nitrogens is 1. The summed E-state index contributed by atoms with van der Waals surface area (Å²) in [6, 6.07) is 32.2. The van der Waals surface area contributed by atoms with Gasteiger partial charge in [-0.25, -0.2) is 0 Å². The van der Waals surface area contributed by atoms with E-state index in [1.54, 1.807) is 38.7 Å². The van der Waals surface area contributed by atoms with Gasteiger partial charge in [0.2, 0.25) is 0 Å². The maximum atomic E-state index is 12.5. The molecule has 9 nitrogen and oxygen atoms in total. The number of nitrogens with zero attached hydrogens (tertiary/aromatic N) is 2. The Bertz CT molecular complexity index is 1930. The molecule has 0 spiro atoms. The van der Waals surface area contributed by atoms with Gasteiger partial charge in [0.15, 0.2) is 17.8 Å². The second-order valence-corrected chi connectivity index (χ2v) is 13.1. The highest BCUT2D eigenvalue weighted by Gasteiger charge is 2.34. The molecule has 0 radical (unpaired) electrons. The van der Waals surface area contributed by atoms with Gasteiger partial charge >= 0.3 is 0 Å². The molecule has 2 aliphatic heterocycles. The van der Waals surface area contributed by atoms with Gasteiger partial charge < -0.3 is 29.4 Å². The van der Waals surface area contributed by atoms with Crippen molar-refractivity contribution < 1.29 is 28.8 Å². The largest absolute Gasteiger partial charge is 0.493 e. The molecule has 1 saturated heterocycles. The maximum Gasteiger partial charge on any atom is 0.253 e. The molecule has 1 aromatic heterocycles.